The molecule has 0 bridgehead atoms. The van der Waals surface area contributed by atoms with Gasteiger partial charge in [0.1, 0.15) is 30.1 Å². The van der Waals surface area contributed by atoms with Crippen molar-refractivity contribution in [1.29, 1.82) is 0 Å². The zero-order valence-corrected chi connectivity index (χ0v) is 19.6. The lowest BCUT2D eigenvalue weighted by atomic mass is 9.97. The van der Waals surface area contributed by atoms with Crippen LogP contribution in [0, 0.1) is 0 Å². The molecule has 1 aliphatic heterocycles. The maximum Gasteiger partial charge on any atom is 0.223 e. The summed E-state index contributed by atoms with van der Waals surface area (Å²) in [5.41, 5.74) is 2.96. The number of nitrogens with one attached hydrogen (secondary N) is 2. The van der Waals surface area contributed by atoms with E-state index in [-0.39, 0.29) is 5.91 Å². The number of carbonyl (C=O) groups excluding carboxylic acids is 2. The van der Waals surface area contributed by atoms with Crippen LogP contribution in [-0.4, -0.2) is 64.4 Å². The van der Waals surface area contributed by atoms with E-state index in [2.05, 4.69) is 17.2 Å². The molecule has 0 aromatic heterocycles. The molecule has 0 spiro atoms. The topological polar surface area (TPSA) is 137 Å². The summed E-state index contributed by atoms with van der Waals surface area (Å²) in [7, 11) is 0. The normalized spacial score (nSPS) is 23.8. The maximum atomic E-state index is 12.2. The average molecular weight is 485 g/mol. The molecule has 5 atom stereocenters. The second-order valence-electron chi connectivity index (χ2n) is 8.42. The minimum Gasteiger partial charge on any atom is -0.463 e. The molecule has 9 heteroatoms. The highest BCUT2D eigenvalue weighted by molar-refractivity contribution is 5.76. The van der Waals surface area contributed by atoms with Gasteiger partial charge in [0.15, 0.2) is 0 Å². The van der Waals surface area contributed by atoms with Crippen LogP contribution in [0.25, 0.3) is 6.08 Å². The summed E-state index contributed by atoms with van der Waals surface area (Å²) in [6.07, 6.45) is -2.31. The Labute approximate surface area is 204 Å². The SMILES string of the molecule is C=Cc1ccc(CNC(=O)CCc2ccc(O[C@@H]3O[C@H](CO)[C@@H](O)[C@H](O)[C@@H]3NC(C)=O)cc2)cc1. The number of carbonyl (C=O) groups is 2. The predicted molar refractivity (Wildman–Crippen MR) is 129 cm³/mol. The monoisotopic (exact) mass is 484 g/mol. The third-order valence-corrected chi connectivity index (χ3v) is 5.77. The lowest BCUT2D eigenvalue weighted by Crippen LogP contribution is -2.65. The average Bonchev–Trinajstić information content (AvgIpc) is 2.86. The minimum atomic E-state index is -1.38. The molecule has 2 amide bonds. The van der Waals surface area contributed by atoms with E-state index in [0.717, 1.165) is 16.7 Å². The highest BCUT2D eigenvalue weighted by Crippen LogP contribution is 2.25. The standard InChI is InChI=1S/C26H32N2O7/c1-3-17-4-6-19(7-5-17)14-27-22(31)13-10-18-8-11-20(12-9-18)34-26-23(28-16(2)30)25(33)24(32)21(15-29)35-26/h3-9,11-12,21,23-26,29,32-33H,1,10,13-15H2,2H3,(H,27,31)(H,28,30)/t21-,23+,24-,25-,26-/m1/s1. The van der Waals surface area contributed by atoms with Crippen LogP contribution in [0.4, 0.5) is 0 Å². The largest absolute Gasteiger partial charge is 0.463 e. The van der Waals surface area contributed by atoms with E-state index in [1.807, 2.05) is 36.4 Å². The number of aryl methyl sites for hydroxylation is 1. The number of aliphatic hydroxyl groups excluding tert-OH is 3. The summed E-state index contributed by atoms with van der Waals surface area (Å²) >= 11 is 0. The molecular formula is C26H32N2O7. The van der Waals surface area contributed by atoms with Gasteiger partial charge in [-0.3, -0.25) is 9.59 Å². The first-order valence-electron chi connectivity index (χ1n) is 11.4. The van der Waals surface area contributed by atoms with Crippen LogP contribution < -0.4 is 15.4 Å². The first kappa shape index (κ1) is 26.4. The van der Waals surface area contributed by atoms with E-state index >= 15 is 0 Å². The van der Waals surface area contributed by atoms with Crippen molar-refractivity contribution in [3.8, 4) is 5.75 Å². The van der Waals surface area contributed by atoms with Gasteiger partial charge in [-0.15, -0.1) is 0 Å². The van der Waals surface area contributed by atoms with Gasteiger partial charge in [0, 0.05) is 19.9 Å². The Morgan fingerprint density at radius 2 is 1.71 bits per heavy atom. The number of hydrogen-bond acceptors (Lipinski definition) is 7. The first-order chi connectivity index (χ1) is 16.8. The van der Waals surface area contributed by atoms with Crippen LogP contribution >= 0.6 is 0 Å². The molecule has 35 heavy (non-hydrogen) atoms. The van der Waals surface area contributed by atoms with Gasteiger partial charge in [0.05, 0.1) is 6.61 Å². The molecule has 0 radical (unpaired) electrons. The van der Waals surface area contributed by atoms with Gasteiger partial charge in [0.25, 0.3) is 0 Å². The van der Waals surface area contributed by atoms with Crippen molar-refractivity contribution in [1.82, 2.24) is 10.6 Å². The van der Waals surface area contributed by atoms with Crippen molar-refractivity contribution < 1.29 is 34.4 Å². The van der Waals surface area contributed by atoms with Crippen LogP contribution in [0.15, 0.2) is 55.1 Å². The second kappa shape index (κ2) is 12.5. The molecule has 0 aliphatic carbocycles. The van der Waals surface area contributed by atoms with Crippen LogP contribution in [0.5, 0.6) is 5.75 Å². The molecule has 2 aromatic rings. The maximum absolute atomic E-state index is 12.2. The van der Waals surface area contributed by atoms with Crippen molar-refractivity contribution in [2.24, 2.45) is 0 Å². The zero-order valence-electron chi connectivity index (χ0n) is 19.6. The van der Waals surface area contributed by atoms with Crippen molar-refractivity contribution in [2.45, 2.75) is 57.0 Å². The molecule has 188 valence electrons. The van der Waals surface area contributed by atoms with E-state index in [1.54, 1.807) is 18.2 Å². The Morgan fingerprint density at radius 3 is 2.31 bits per heavy atom. The van der Waals surface area contributed by atoms with Gasteiger partial charge in [-0.2, -0.15) is 0 Å². The van der Waals surface area contributed by atoms with E-state index in [4.69, 9.17) is 9.47 Å². The van der Waals surface area contributed by atoms with Gasteiger partial charge in [0.2, 0.25) is 18.1 Å². The molecule has 3 rings (SSSR count). The third-order valence-electron chi connectivity index (χ3n) is 5.77. The number of benzene rings is 2. The minimum absolute atomic E-state index is 0.0607. The summed E-state index contributed by atoms with van der Waals surface area (Å²) < 4.78 is 11.4. The third kappa shape index (κ3) is 7.37. The van der Waals surface area contributed by atoms with E-state index in [1.165, 1.54) is 6.92 Å². The molecule has 9 nitrogen and oxygen atoms in total. The summed E-state index contributed by atoms with van der Waals surface area (Å²) in [5, 5.41) is 35.3. The lowest BCUT2D eigenvalue weighted by molar-refractivity contribution is -0.244. The first-order valence-corrected chi connectivity index (χ1v) is 11.4. The Morgan fingerprint density at radius 1 is 1.06 bits per heavy atom. The molecule has 1 heterocycles. The molecular weight excluding hydrogens is 452 g/mol. The Kier molecular flexibility index (Phi) is 9.39. The summed E-state index contributed by atoms with van der Waals surface area (Å²) in [4.78, 5) is 23.8. The number of hydrogen-bond donors (Lipinski definition) is 5. The quantitative estimate of drug-likeness (QED) is 0.338. The summed E-state index contributed by atoms with van der Waals surface area (Å²) in [5.74, 6) is -0.0837. The van der Waals surface area contributed by atoms with Gasteiger partial charge in [-0.05, 0) is 35.2 Å². The Hall–Kier alpha value is -3.24. The summed E-state index contributed by atoms with van der Waals surface area (Å²) in [6, 6.07) is 13.8. The van der Waals surface area contributed by atoms with Crippen molar-refractivity contribution in [2.75, 3.05) is 6.61 Å². The van der Waals surface area contributed by atoms with Gasteiger partial charge < -0.3 is 35.4 Å². The molecule has 1 saturated heterocycles. The molecule has 1 aliphatic rings. The fraction of sp³-hybridized carbons (Fsp3) is 0.385. The Bertz CT molecular complexity index is 994. The van der Waals surface area contributed by atoms with E-state index in [0.29, 0.717) is 25.1 Å². The smallest absolute Gasteiger partial charge is 0.223 e. The number of amides is 2. The fourth-order valence-corrected chi connectivity index (χ4v) is 3.76. The summed E-state index contributed by atoms with van der Waals surface area (Å²) in [6.45, 7) is 4.93. The molecule has 1 fully saturated rings. The molecule has 0 unspecified atom stereocenters. The lowest BCUT2D eigenvalue weighted by Gasteiger charge is -2.42. The highest BCUT2D eigenvalue weighted by Gasteiger charge is 2.46. The molecule has 2 aromatic carbocycles. The fourth-order valence-electron chi connectivity index (χ4n) is 3.76. The van der Waals surface area contributed by atoms with Crippen LogP contribution in [0.3, 0.4) is 0 Å². The predicted octanol–water partition coefficient (Wildman–Crippen LogP) is 0.901. The van der Waals surface area contributed by atoms with Gasteiger partial charge >= 0.3 is 0 Å². The van der Waals surface area contributed by atoms with Gasteiger partial charge in [-0.1, -0.05) is 49.1 Å². The number of ether oxygens (including phenoxy) is 2. The van der Waals surface area contributed by atoms with Crippen LogP contribution in [0.2, 0.25) is 0 Å². The van der Waals surface area contributed by atoms with Gasteiger partial charge in [-0.25, -0.2) is 0 Å². The highest BCUT2D eigenvalue weighted by atomic mass is 16.7. The van der Waals surface area contributed by atoms with Crippen LogP contribution in [0.1, 0.15) is 30.0 Å². The van der Waals surface area contributed by atoms with Crippen LogP contribution in [-0.2, 0) is 27.3 Å². The number of aliphatic hydroxyl groups is 3. The molecule has 5 N–H and O–H groups in total. The second-order valence-corrected chi connectivity index (χ2v) is 8.42. The van der Waals surface area contributed by atoms with E-state index in [9.17, 15) is 24.9 Å². The zero-order chi connectivity index (χ0) is 25.4. The Balaban J connectivity index is 1.52. The molecule has 0 saturated carbocycles. The van der Waals surface area contributed by atoms with Crippen molar-refractivity contribution >= 4 is 17.9 Å². The van der Waals surface area contributed by atoms with E-state index < -0.39 is 43.2 Å². The number of rotatable bonds is 10. The van der Waals surface area contributed by atoms with Crippen molar-refractivity contribution in [3.05, 3.63) is 71.8 Å². The van der Waals surface area contributed by atoms with Crippen molar-refractivity contribution in [3.63, 3.8) is 0 Å².